The van der Waals surface area contributed by atoms with E-state index in [0.717, 1.165) is 33.7 Å². The fourth-order valence-corrected chi connectivity index (χ4v) is 3.40. The summed E-state index contributed by atoms with van der Waals surface area (Å²) in [4.78, 5) is 12.4. The van der Waals surface area contributed by atoms with Gasteiger partial charge < -0.3 is 5.32 Å². The van der Waals surface area contributed by atoms with E-state index >= 15 is 0 Å². The molecule has 0 bridgehead atoms. The van der Waals surface area contributed by atoms with Crippen LogP contribution in [-0.4, -0.2) is 27.1 Å². The lowest BCUT2D eigenvalue weighted by Crippen LogP contribution is -2.37. The SMILES string of the molecule is CCc1ccccc1NC(=O)CN(c1ccc(C)c(C)c1)S(C)(=O)=O. The number of nitrogens with zero attached hydrogens (tertiary/aromatic N) is 1. The summed E-state index contributed by atoms with van der Waals surface area (Å²) in [6.45, 7) is 5.61. The molecule has 0 radical (unpaired) electrons. The molecule has 0 heterocycles. The molecule has 1 N–H and O–H groups in total. The zero-order valence-electron chi connectivity index (χ0n) is 15.0. The molecule has 0 fully saturated rings. The summed E-state index contributed by atoms with van der Waals surface area (Å²) in [6.07, 6.45) is 1.89. The fraction of sp³-hybridized carbons (Fsp3) is 0.316. The molecule has 0 saturated carbocycles. The van der Waals surface area contributed by atoms with Crippen molar-refractivity contribution in [3.8, 4) is 0 Å². The molecule has 0 atom stereocenters. The first-order chi connectivity index (χ1) is 11.7. The first kappa shape index (κ1) is 19.0. The number of hydrogen-bond donors (Lipinski definition) is 1. The van der Waals surface area contributed by atoms with Crippen molar-refractivity contribution in [1.29, 1.82) is 0 Å². The molecule has 5 nitrogen and oxygen atoms in total. The van der Waals surface area contributed by atoms with Crippen molar-refractivity contribution in [3.63, 3.8) is 0 Å². The molecule has 25 heavy (non-hydrogen) atoms. The predicted molar refractivity (Wildman–Crippen MR) is 103 cm³/mol. The molecule has 134 valence electrons. The first-order valence-corrected chi connectivity index (χ1v) is 10.00. The van der Waals surface area contributed by atoms with Gasteiger partial charge in [0.05, 0.1) is 11.9 Å². The Hall–Kier alpha value is -2.34. The number of aryl methyl sites for hydroxylation is 3. The predicted octanol–water partition coefficient (Wildman–Crippen LogP) is 3.27. The van der Waals surface area contributed by atoms with Crippen LogP contribution in [-0.2, 0) is 21.2 Å². The molecule has 2 aromatic rings. The molecule has 2 rings (SSSR count). The lowest BCUT2D eigenvalue weighted by atomic mass is 10.1. The number of para-hydroxylation sites is 1. The summed E-state index contributed by atoms with van der Waals surface area (Å²) in [5.74, 6) is -0.371. The standard InChI is InChI=1S/C19H24N2O3S/c1-5-16-8-6-7-9-18(16)20-19(22)13-21(25(4,23)24)17-11-10-14(2)15(3)12-17/h6-12H,5,13H2,1-4H3,(H,20,22). The highest BCUT2D eigenvalue weighted by Gasteiger charge is 2.21. The topological polar surface area (TPSA) is 66.5 Å². The maximum absolute atomic E-state index is 12.4. The van der Waals surface area contributed by atoms with Crippen molar-refractivity contribution in [2.45, 2.75) is 27.2 Å². The van der Waals surface area contributed by atoms with Crippen LogP contribution in [0.2, 0.25) is 0 Å². The molecular formula is C19H24N2O3S. The summed E-state index contributed by atoms with van der Waals surface area (Å²) in [5, 5.41) is 2.81. The third kappa shape index (κ3) is 4.82. The van der Waals surface area contributed by atoms with E-state index in [0.29, 0.717) is 11.4 Å². The van der Waals surface area contributed by atoms with E-state index in [4.69, 9.17) is 0 Å². The van der Waals surface area contributed by atoms with Crippen molar-refractivity contribution in [2.24, 2.45) is 0 Å². The largest absolute Gasteiger partial charge is 0.324 e. The molecule has 6 heteroatoms. The van der Waals surface area contributed by atoms with Crippen molar-refractivity contribution < 1.29 is 13.2 Å². The Labute approximate surface area is 149 Å². The van der Waals surface area contributed by atoms with E-state index < -0.39 is 10.0 Å². The molecule has 0 aliphatic carbocycles. The van der Waals surface area contributed by atoms with Gasteiger partial charge in [-0.3, -0.25) is 9.10 Å². The molecule has 0 saturated heterocycles. The van der Waals surface area contributed by atoms with Gasteiger partial charge >= 0.3 is 0 Å². The van der Waals surface area contributed by atoms with E-state index in [1.807, 2.05) is 51.1 Å². The van der Waals surface area contributed by atoms with E-state index in [1.54, 1.807) is 12.1 Å². The number of carbonyl (C=O) groups excluding carboxylic acids is 1. The van der Waals surface area contributed by atoms with Gasteiger partial charge in [0.25, 0.3) is 0 Å². The van der Waals surface area contributed by atoms with E-state index in [1.165, 1.54) is 0 Å². The van der Waals surface area contributed by atoms with Gasteiger partial charge in [0.2, 0.25) is 15.9 Å². The zero-order chi connectivity index (χ0) is 18.6. The molecule has 0 aliphatic rings. The third-order valence-corrected chi connectivity index (χ3v) is 5.28. The molecular weight excluding hydrogens is 336 g/mol. The highest BCUT2D eigenvalue weighted by Crippen LogP contribution is 2.22. The number of rotatable bonds is 6. The number of benzene rings is 2. The smallest absolute Gasteiger partial charge is 0.245 e. The van der Waals surface area contributed by atoms with Gasteiger partial charge in [-0.25, -0.2) is 8.42 Å². The third-order valence-electron chi connectivity index (χ3n) is 4.14. The normalized spacial score (nSPS) is 11.2. The Bertz CT molecular complexity index is 876. The second-order valence-corrected chi connectivity index (χ2v) is 8.00. The number of sulfonamides is 1. The average Bonchev–Trinajstić information content (AvgIpc) is 2.55. The number of nitrogens with one attached hydrogen (secondary N) is 1. The van der Waals surface area contributed by atoms with Gasteiger partial charge in [-0.2, -0.15) is 0 Å². The maximum Gasteiger partial charge on any atom is 0.245 e. The fourth-order valence-electron chi connectivity index (χ4n) is 2.55. The summed E-state index contributed by atoms with van der Waals surface area (Å²) in [5.41, 5.74) is 4.25. The summed E-state index contributed by atoms with van der Waals surface area (Å²) >= 11 is 0. The van der Waals surface area contributed by atoms with Gasteiger partial charge in [-0.15, -0.1) is 0 Å². The highest BCUT2D eigenvalue weighted by atomic mass is 32.2. The minimum atomic E-state index is -3.58. The van der Waals surface area contributed by atoms with Crippen molar-refractivity contribution in [1.82, 2.24) is 0 Å². The minimum absolute atomic E-state index is 0.265. The van der Waals surface area contributed by atoms with Crippen LogP contribution in [0.1, 0.15) is 23.6 Å². The van der Waals surface area contributed by atoms with E-state index in [2.05, 4.69) is 5.32 Å². The van der Waals surface area contributed by atoms with Gasteiger partial charge in [-0.1, -0.05) is 31.2 Å². The van der Waals surface area contributed by atoms with Gasteiger partial charge in [0.15, 0.2) is 0 Å². The Balaban J connectivity index is 2.25. The van der Waals surface area contributed by atoms with Crippen molar-refractivity contribution in [3.05, 3.63) is 59.2 Å². The van der Waals surface area contributed by atoms with Gasteiger partial charge in [-0.05, 0) is 55.2 Å². The van der Waals surface area contributed by atoms with E-state index in [-0.39, 0.29) is 12.5 Å². The average molecular weight is 360 g/mol. The second kappa shape index (κ2) is 7.70. The zero-order valence-corrected chi connectivity index (χ0v) is 15.9. The monoisotopic (exact) mass is 360 g/mol. The van der Waals surface area contributed by atoms with Crippen LogP contribution in [0.4, 0.5) is 11.4 Å². The van der Waals surface area contributed by atoms with Gasteiger partial charge in [0, 0.05) is 5.69 Å². The summed E-state index contributed by atoms with van der Waals surface area (Å²) in [6, 6.07) is 12.9. The Kier molecular flexibility index (Phi) is 5.85. The van der Waals surface area contributed by atoms with Crippen LogP contribution in [0.3, 0.4) is 0 Å². The Morgan fingerprint density at radius 3 is 2.36 bits per heavy atom. The van der Waals surface area contributed by atoms with Crippen LogP contribution in [0.5, 0.6) is 0 Å². The van der Waals surface area contributed by atoms with Crippen molar-refractivity contribution >= 4 is 27.3 Å². The van der Waals surface area contributed by atoms with Crippen molar-refractivity contribution in [2.75, 3.05) is 22.4 Å². The maximum atomic E-state index is 12.4. The molecule has 0 aromatic heterocycles. The lowest BCUT2D eigenvalue weighted by Gasteiger charge is -2.23. The number of anilines is 2. The number of hydrogen-bond acceptors (Lipinski definition) is 3. The summed E-state index contributed by atoms with van der Waals surface area (Å²) in [7, 11) is -3.58. The highest BCUT2D eigenvalue weighted by molar-refractivity contribution is 7.92. The van der Waals surface area contributed by atoms with Crippen LogP contribution in [0.15, 0.2) is 42.5 Å². The van der Waals surface area contributed by atoms with Gasteiger partial charge in [0.1, 0.15) is 6.54 Å². The summed E-state index contributed by atoms with van der Waals surface area (Å²) < 4.78 is 25.5. The Morgan fingerprint density at radius 2 is 1.76 bits per heavy atom. The number of carbonyl (C=O) groups is 1. The Morgan fingerprint density at radius 1 is 1.08 bits per heavy atom. The van der Waals surface area contributed by atoms with Crippen LogP contribution < -0.4 is 9.62 Å². The minimum Gasteiger partial charge on any atom is -0.324 e. The second-order valence-electron chi connectivity index (χ2n) is 6.10. The van der Waals surface area contributed by atoms with E-state index in [9.17, 15) is 13.2 Å². The van der Waals surface area contributed by atoms with Crippen LogP contribution in [0.25, 0.3) is 0 Å². The lowest BCUT2D eigenvalue weighted by molar-refractivity contribution is -0.114. The first-order valence-electron chi connectivity index (χ1n) is 8.15. The van der Waals surface area contributed by atoms with Crippen LogP contribution >= 0.6 is 0 Å². The molecule has 2 aromatic carbocycles. The molecule has 0 unspecified atom stereocenters. The quantitative estimate of drug-likeness (QED) is 0.860. The van der Waals surface area contributed by atoms with Crippen LogP contribution in [0, 0.1) is 13.8 Å². The number of amides is 1. The molecule has 0 aliphatic heterocycles. The molecule has 1 amide bonds. The molecule has 0 spiro atoms.